The maximum atomic E-state index is 6.18. The number of benzene rings is 1. The summed E-state index contributed by atoms with van der Waals surface area (Å²) >= 11 is 0. The normalized spacial score (nSPS) is 27.3. The molecule has 0 unspecified atom stereocenters. The van der Waals surface area contributed by atoms with Gasteiger partial charge in [0.25, 0.3) is 0 Å². The molecule has 1 aromatic carbocycles. The van der Waals surface area contributed by atoms with Crippen molar-refractivity contribution in [1.82, 2.24) is 4.90 Å². The zero-order chi connectivity index (χ0) is 16.7. The van der Waals surface area contributed by atoms with E-state index in [9.17, 15) is 0 Å². The molecular formula is C19H30BNO2. The Hall–Kier alpha value is -0.835. The average molecular weight is 315 g/mol. The summed E-state index contributed by atoms with van der Waals surface area (Å²) < 4.78 is 12.4. The lowest BCUT2D eigenvalue weighted by Crippen LogP contribution is -2.41. The number of piperidine rings is 1. The first-order chi connectivity index (χ1) is 10.8. The molecule has 0 aromatic heterocycles. The Balaban J connectivity index is 1.73. The summed E-state index contributed by atoms with van der Waals surface area (Å²) in [6, 6.07) is 9.42. The fourth-order valence-corrected chi connectivity index (χ4v) is 3.52. The van der Waals surface area contributed by atoms with Crippen LogP contribution < -0.4 is 5.46 Å². The second kappa shape index (κ2) is 6.23. The Kier molecular flexibility index (Phi) is 4.61. The summed E-state index contributed by atoms with van der Waals surface area (Å²) in [5, 5.41) is 0. The number of hydrogen-bond donors (Lipinski definition) is 0. The highest BCUT2D eigenvalue weighted by molar-refractivity contribution is 6.62. The van der Waals surface area contributed by atoms with Gasteiger partial charge in [-0.2, -0.15) is 0 Å². The summed E-state index contributed by atoms with van der Waals surface area (Å²) in [5.74, 6) is 0. The summed E-state index contributed by atoms with van der Waals surface area (Å²) in [4.78, 5) is 2.50. The monoisotopic (exact) mass is 315 g/mol. The first kappa shape index (κ1) is 17.0. The molecule has 0 N–H and O–H groups in total. The molecule has 2 aliphatic rings. The van der Waals surface area contributed by atoms with Gasteiger partial charge in [0.15, 0.2) is 0 Å². The molecule has 0 spiro atoms. The Morgan fingerprint density at radius 2 is 1.83 bits per heavy atom. The average Bonchev–Trinajstić information content (AvgIpc) is 2.70. The fourth-order valence-electron chi connectivity index (χ4n) is 3.52. The number of likely N-dealkylation sites (tertiary alicyclic amines) is 1. The molecule has 2 aliphatic heterocycles. The summed E-state index contributed by atoms with van der Waals surface area (Å²) in [6.07, 6.45) is 5.11. The van der Waals surface area contributed by atoms with Crippen LogP contribution in [0.25, 0.3) is 0 Å². The van der Waals surface area contributed by atoms with Gasteiger partial charge in [0.2, 0.25) is 0 Å². The Morgan fingerprint density at radius 1 is 1.13 bits per heavy atom. The third-order valence-electron chi connectivity index (χ3n) is 5.87. The van der Waals surface area contributed by atoms with Gasteiger partial charge in [0, 0.05) is 6.04 Å². The Morgan fingerprint density at radius 3 is 2.48 bits per heavy atom. The van der Waals surface area contributed by atoms with Gasteiger partial charge in [-0.05, 0) is 71.6 Å². The quantitative estimate of drug-likeness (QED) is 0.801. The maximum absolute atomic E-state index is 6.18. The molecule has 3 nitrogen and oxygen atoms in total. The number of likely N-dealkylation sites (N-methyl/N-ethyl adjacent to an activating group) is 1. The van der Waals surface area contributed by atoms with Crippen molar-refractivity contribution < 1.29 is 9.31 Å². The van der Waals surface area contributed by atoms with E-state index >= 15 is 0 Å². The van der Waals surface area contributed by atoms with Crippen LogP contribution >= 0.6 is 0 Å². The molecule has 23 heavy (non-hydrogen) atoms. The predicted octanol–water partition coefficient (Wildman–Crippen LogP) is 3.01. The lowest BCUT2D eigenvalue weighted by Gasteiger charge is -2.32. The topological polar surface area (TPSA) is 21.7 Å². The number of nitrogens with zero attached hydrogens (tertiary/aromatic N) is 1. The highest BCUT2D eigenvalue weighted by Crippen LogP contribution is 2.36. The van der Waals surface area contributed by atoms with Crippen molar-refractivity contribution in [1.29, 1.82) is 0 Å². The van der Waals surface area contributed by atoms with E-state index in [2.05, 4.69) is 63.9 Å². The van der Waals surface area contributed by atoms with Crippen LogP contribution in [0.4, 0.5) is 0 Å². The lowest BCUT2D eigenvalue weighted by atomic mass is 9.78. The van der Waals surface area contributed by atoms with Crippen LogP contribution in [0.1, 0.15) is 52.5 Å². The van der Waals surface area contributed by atoms with E-state index in [0.717, 1.165) is 11.9 Å². The standard InChI is InChI=1S/C19H30BNO2/c1-18(2)19(3,4)23-20(22-18)16-10-8-9-15(13-16)14-17-11-6-7-12-21(17)5/h8-10,13,17H,6-7,11-12,14H2,1-5H3/t17-/m0/s1. The molecule has 126 valence electrons. The first-order valence-corrected chi connectivity index (χ1v) is 8.93. The van der Waals surface area contributed by atoms with E-state index in [0.29, 0.717) is 6.04 Å². The van der Waals surface area contributed by atoms with Crippen LogP contribution in [0, 0.1) is 0 Å². The number of rotatable bonds is 3. The van der Waals surface area contributed by atoms with Crippen LogP contribution in [-0.4, -0.2) is 42.9 Å². The van der Waals surface area contributed by atoms with Crippen molar-refractivity contribution in [3.8, 4) is 0 Å². The van der Waals surface area contributed by atoms with Crippen molar-refractivity contribution in [3.05, 3.63) is 29.8 Å². The van der Waals surface area contributed by atoms with Crippen molar-refractivity contribution in [2.45, 2.75) is 70.6 Å². The minimum Gasteiger partial charge on any atom is -0.399 e. The molecule has 0 radical (unpaired) electrons. The van der Waals surface area contributed by atoms with Crippen molar-refractivity contribution in [3.63, 3.8) is 0 Å². The van der Waals surface area contributed by atoms with Gasteiger partial charge in [-0.3, -0.25) is 0 Å². The van der Waals surface area contributed by atoms with Crippen LogP contribution in [0.15, 0.2) is 24.3 Å². The van der Waals surface area contributed by atoms with E-state index in [4.69, 9.17) is 9.31 Å². The van der Waals surface area contributed by atoms with Gasteiger partial charge in [0.05, 0.1) is 11.2 Å². The first-order valence-electron chi connectivity index (χ1n) is 8.93. The van der Waals surface area contributed by atoms with Gasteiger partial charge in [0.1, 0.15) is 0 Å². The predicted molar refractivity (Wildman–Crippen MR) is 96.1 cm³/mol. The van der Waals surface area contributed by atoms with Gasteiger partial charge in [-0.15, -0.1) is 0 Å². The molecule has 0 aliphatic carbocycles. The molecule has 2 saturated heterocycles. The molecule has 1 aromatic rings. The van der Waals surface area contributed by atoms with Crippen LogP contribution in [0.2, 0.25) is 0 Å². The molecule has 2 fully saturated rings. The zero-order valence-electron chi connectivity index (χ0n) is 15.3. The van der Waals surface area contributed by atoms with Crippen LogP contribution in [0.3, 0.4) is 0 Å². The smallest absolute Gasteiger partial charge is 0.399 e. The van der Waals surface area contributed by atoms with Gasteiger partial charge in [-0.1, -0.05) is 30.7 Å². The second-order valence-electron chi connectivity index (χ2n) is 8.17. The van der Waals surface area contributed by atoms with Crippen molar-refractivity contribution >= 4 is 12.6 Å². The van der Waals surface area contributed by atoms with Crippen molar-refractivity contribution in [2.24, 2.45) is 0 Å². The van der Waals surface area contributed by atoms with E-state index in [-0.39, 0.29) is 18.3 Å². The maximum Gasteiger partial charge on any atom is 0.494 e. The highest BCUT2D eigenvalue weighted by atomic mass is 16.7. The SMILES string of the molecule is CN1CCCC[C@H]1Cc1cccc(B2OC(C)(C)C(C)(C)O2)c1. The Bertz CT molecular complexity index is 542. The molecule has 2 heterocycles. The minimum absolute atomic E-state index is 0.260. The molecule has 0 amide bonds. The van der Waals surface area contributed by atoms with Gasteiger partial charge < -0.3 is 14.2 Å². The lowest BCUT2D eigenvalue weighted by molar-refractivity contribution is 0.00578. The number of hydrogen-bond acceptors (Lipinski definition) is 3. The van der Waals surface area contributed by atoms with E-state index < -0.39 is 0 Å². The van der Waals surface area contributed by atoms with E-state index in [1.54, 1.807) is 0 Å². The molecule has 4 heteroatoms. The van der Waals surface area contributed by atoms with E-state index in [1.165, 1.54) is 31.4 Å². The zero-order valence-corrected chi connectivity index (χ0v) is 15.3. The van der Waals surface area contributed by atoms with Gasteiger partial charge in [-0.25, -0.2) is 0 Å². The fraction of sp³-hybridized carbons (Fsp3) is 0.684. The molecule has 0 saturated carbocycles. The minimum atomic E-state index is -0.280. The molecule has 1 atom stereocenters. The highest BCUT2D eigenvalue weighted by Gasteiger charge is 2.51. The van der Waals surface area contributed by atoms with Crippen molar-refractivity contribution in [2.75, 3.05) is 13.6 Å². The third-order valence-corrected chi connectivity index (χ3v) is 5.87. The largest absolute Gasteiger partial charge is 0.494 e. The van der Waals surface area contributed by atoms with E-state index in [1.807, 2.05) is 0 Å². The van der Waals surface area contributed by atoms with Gasteiger partial charge >= 0.3 is 7.12 Å². The molecule has 3 rings (SSSR count). The molecular weight excluding hydrogens is 285 g/mol. The van der Waals surface area contributed by atoms with Crippen LogP contribution in [0.5, 0.6) is 0 Å². The third kappa shape index (κ3) is 3.49. The summed E-state index contributed by atoms with van der Waals surface area (Å²) in [6.45, 7) is 9.64. The summed E-state index contributed by atoms with van der Waals surface area (Å²) in [7, 11) is 1.99. The van der Waals surface area contributed by atoms with Crippen LogP contribution in [-0.2, 0) is 15.7 Å². The molecule has 0 bridgehead atoms. The Labute approximate surface area is 141 Å². The summed E-state index contributed by atoms with van der Waals surface area (Å²) in [5.41, 5.74) is 1.96. The second-order valence-corrected chi connectivity index (χ2v) is 8.17.